The maximum absolute atomic E-state index is 13.1. The molecule has 1 N–H and O–H groups in total. The van der Waals surface area contributed by atoms with Gasteiger partial charge in [0.15, 0.2) is 5.78 Å². The summed E-state index contributed by atoms with van der Waals surface area (Å²) in [6.07, 6.45) is 0.743. The highest BCUT2D eigenvalue weighted by Gasteiger charge is 2.33. The number of piperidine rings is 1. The monoisotopic (exact) mass is 509 g/mol. The van der Waals surface area contributed by atoms with E-state index in [1.165, 1.54) is 46.8 Å². The molecule has 2 aromatic carbocycles. The SMILES string of the molecule is CCOC(=O)C1CCN(S(=O)(=O)c2cccc(C(=O)CNc3ccc([N+](=O)[O-])cc3Cl)c2)CC1. The lowest BCUT2D eigenvalue weighted by Gasteiger charge is -2.30. The Bertz CT molecular complexity index is 1190. The Morgan fingerprint density at radius 3 is 2.53 bits per heavy atom. The van der Waals surface area contributed by atoms with Crippen LogP contribution in [-0.2, 0) is 19.6 Å². The summed E-state index contributed by atoms with van der Waals surface area (Å²) in [5.41, 5.74) is 0.355. The molecule has 10 nitrogen and oxygen atoms in total. The molecule has 12 heteroatoms. The first-order valence-electron chi connectivity index (χ1n) is 10.6. The summed E-state index contributed by atoms with van der Waals surface area (Å²) in [6.45, 7) is 2.19. The summed E-state index contributed by atoms with van der Waals surface area (Å²) in [4.78, 5) is 34.8. The third-order valence-electron chi connectivity index (χ3n) is 5.47. The molecule has 1 fully saturated rings. The largest absolute Gasteiger partial charge is 0.466 e. The normalized spacial score (nSPS) is 15.0. The third kappa shape index (κ3) is 5.91. The van der Waals surface area contributed by atoms with Crippen LogP contribution in [0, 0.1) is 16.0 Å². The Balaban J connectivity index is 1.66. The summed E-state index contributed by atoms with van der Waals surface area (Å²) in [7, 11) is -3.84. The number of Topliss-reactive ketones (excluding diaryl/α,β-unsaturated/α-hetero) is 1. The quantitative estimate of drug-likeness (QED) is 0.235. The van der Waals surface area contributed by atoms with E-state index >= 15 is 0 Å². The Morgan fingerprint density at radius 2 is 1.91 bits per heavy atom. The summed E-state index contributed by atoms with van der Waals surface area (Å²) in [5, 5.41) is 13.7. The number of non-ortho nitro benzene ring substituents is 1. The van der Waals surface area contributed by atoms with Gasteiger partial charge in [-0.15, -0.1) is 0 Å². The number of halogens is 1. The number of sulfonamides is 1. The van der Waals surface area contributed by atoms with E-state index in [1.807, 2.05) is 0 Å². The van der Waals surface area contributed by atoms with Gasteiger partial charge in [-0.2, -0.15) is 4.31 Å². The van der Waals surface area contributed by atoms with Gasteiger partial charge in [0.05, 0.1) is 39.6 Å². The molecule has 1 aliphatic heterocycles. The molecular formula is C22H24ClN3O7S. The minimum absolute atomic E-state index is 0.0127. The van der Waals surface area contributed by atoms with Gasteiger partial charge in [0, 0.05) is 30.8 Å². The first kappa shape index (κ1) is 25.6. The predicted octanol–water partition coefficient (Wildman–Crippen LogP) is 3.51. The van der Waals surface area contributed by atoms with Crippen molar-refractivity contribution in [2.75, 3.05) is 31.6 Å². The van der Waals surface area contributed by atoms with E-state index < -0.39 is 14.9 Å². The third-order valence-corrected chi connectivity index (χ3v) is 7.68. The van der Waals surface area contributed by atoms with Crippen molar-refractivity contribution >= 4 is 44.8 Å². The second kappa shape index (κ2) is 10.9. The summed E-state index contributed by atoms with van der Waals surface area (Å²) in [5.74, 6) is -1.02. The lowest BCUT2D eigenvalue weighted by molar-refractivity contribution is -0.384. The highest BCUT2D eigenvalue weighted by Crippen LogP contribution is 2.27. The van der Waals surface area contributed by atoms with Gasteiger partial charge in [-0.1, -0.05) is 23.7 Å². The van der Waals surface area contributed by atoms with Gasteiger partial charge < -0.3 is 10.1 Å². The fraction of sp³-hybridized carbons (Fsp3) is 0.364. The number of anilines is 1. The van der Waals surface area contributed by atoms with E-state index in [9.17, 15) is 28.1 Å². The van der Waals surface area contributed by atoms with Crippen LogP contribution in [0.1, 0.15) is 30.1 Å². The van der Waals surface area contributed by atoms with Crippen molar-refractivity contribution in [3.05, 3.63) is 63.2 Å². The molecule has 0 saturated carbocycles. The molecule has 0 atom stereocenters. The molecule has 182 valence electrons. The minimum atomic E-state index is -3.84. The summed E-state index contributed by atoms with van der Waals surface area (Å²) < 4.78 is 32.5. The number of rotatable bonds is 9. The number of carbonyl (C=O) groups excluding carboxylic acids is 2. The molecule has 0 unspecified atom stereocenters. The number of nitro groups is 1. The molecule has 0 radical (unpaired) electrons. The Morgan fingerprint density at radius 1 is 1.21 bits per heavy atom. The van der Waals surface area contributed by atoms with Crippen molar-refractivity contribution in [2.45, 2.75) is 24.7 Å². The van der Waals surface area contributed by atoms with E-state index in [0.29, 0.717) is 18.5 Å². The second-order valence-corrected chi connectivity index (χ2v) is 10.0. The number of nitro benzene ring substituents is 1. The van der Waals surface area contributed by atoms with Crippen molar-refractivity contribution in [2.24, 2.45) is 5.92 Å². The first-order chi connectivity index (χ1) is 16.1. The Hall–Kier alpha value is -3.02. The van der Waals surface area contributed by atoms with Gasteiger partial charge in [0.2, 0.25) is 10.0 Å². The zero-order chi connectivity index (χ0) is 24.9. The molecule has 0 spiro atoms. The molecular weight excluding hydrogens is 486 g/mol. The average molecular weight is 510 g/mol. The van der Waals surface area contributed by atoms with Crippen LogP contribution in [0.25, 0.3) is 0 Å². The Kier molecular flexibility index (Phi) is 8.24. The average Bonchev–Trinajstić information content (AvgIpc) is 2.83. The van der Waals surface area contributed by atoms with Crippen molar-refractivity contribution in [3.8, 4) is 0 Å². The van der Waals surface area contributed by atoms with Gasteiger partial charge in [-0.25, -0.2) is 8.42 Å². The summed E-state index contributed by atoms with van der Waals surface area (Å²) in [6, 6.07) is 9.56. The van der Waals surface area contributed by atoms with Crippen molar-refractivity contribution in [1.29, 1.82) is 0 Å². The number of nitrogens with zero attached hydrogens (tertiary/aromatic N) is 2. The van der Waals surface area contributed by atoms with E-state index in [1.54, 1.807) is 6.92 Å². The van der Waals surface area contributed by atoms with Crippen LogP contribution in [-0.4, -0.2) is 55.6 Å². The maximum atomic E-state index is 13.1. The highest BCUT2D eigenvalue weighted by molar-refractivity contribution is 7.89. The smallest absolute Gasteiger partial charge is 0.309 e. The minimum Gasteiger partial charge on any atom is -0.466 e. The predicted molar refractivity (Wildman–Crippen MR) is 125 cm³/mol. The van der Waals surface area contributed by atoms with Crippen LogP contribution < -0.4 is 5.32 Å². The fourth-order valence-corrected chi connectivity index (χ4v) is 5.37. The number of hydrogen-bond donors (Lipinski definition) is 1. The lowest BCUT2D eigenvalue weighted by Crippen LogP contribution is -2.40. The van der Waals surface area contributed by atoms with E-state index in [0.717, 1.165) is 0 Å². The van der Waals surface area contributed by atoms with Crippen LogP contribution in [0.5, 0.6) is 0 Å². The molecule has 34 heavy (non-hydrogen) atoms. The van der Waals surface area contributed by atoms with Crippen LogP contribution in [0.3, 0.4) is 0 Å². The van der Waals surface area contributed by atoms with E-state index in [4.69, 9.17) is 16.3 Å². The van der Waals surface area contributed by atoms with Gasteiger partial charge in [-0.3, -0.25) is 19.7 Å². The molecule has 0 amide bonds. The molecule has 1 saturated heterocycles. The van der Waals surface area contributed by atoms with Gasteiger partial charge in [0.1, 0.15) is 0 Å². The molecule has 0 aliphatic carbocycles. The van der Waals surface area contributed by atoms with Crippen molar-refractivity contribution in [3.63, 3.8) is 0 Å². The number of carbonyl (C=O) groups is 2. The number of hydrogen-bond acceptors (Lipinski definition) is 8. The molecule has 3 rings (SSSR count). The molecule has 0 bridgehead atoms. The van der Waals surface area contributed by atoms with Gasteiger partial charge in [-0.05, 0) is 38.0 Å². The Labute approximate surface area is 202 Å². The molecule has 2 aromatic rings. The summed E-state index contributed by atoms with van der Waals surface area (Å²) >= 11 is 6.03. The zero-order valence-corrected chi connectivity index (χ0v) is 20.0. The second-order valence-electron chi connectivity index (χ2n) is 7.66. The molecule has 1 aliphatic rings. The highest BCUT2D eigenvalue weighted by atomic mass is 35.5. The number of nitrogens with one attached hydrogen (secondary N) is 1. The number of benzene rings is 2. The molecule has 1 heterocycles. The maximum Gasteiger partial charge on any atom is 0.309 e. The van der Waals surface area contributed by atoms with Crippen LogP contribution in [0.15, 0.2) is 47.4 Å². The zero-order valence-electron chi connectivity index (χ0n) is 18.4. The van der Waals surface area contributed by atoms with Gasteiger partial charge in [0.25, 0.3) is 5.69 Å². The lowest BCUT2D eigenvalue weighted by atomic mass is 9.98. The fourth-order valence-electron chi connectivity index (χ4n) is 3.61. The number of esters is 1. The van der Waals surface area contributed by atoms with Gasteiger partial charge >= 0.3 is 5.97 Å². The topological polar surface area (TPSA) is 136 Å². The van der Waals surface area contributed by atoms with Crippen molar-refractivity contribution in [1.82, 2.24) is 4.31 Å². The van der Waals surface area contributed by atoms with E-state index in [2.05, 4.69) is 5.32 Å². The first-order valence-corrected chi connectivity index (χ1v) is 12.4. The van der Waals surface area contributed by atoms with Crippen LogP contribution in [0.4, 0.5) is 11.4 Å². The van der Waals surface area contributed by atoms with Crippen LogP contribution >= 0.6 is 11.6 Å². The standard InChI is InChI=1S/C22H24ClN3O7S/c1-2-33-22(28)15-8-10-25(11-9-15)34(31,32)18-5-3-4-16(12-18)21(27)14-24-20-7-6-17(26(29)30)13-19(20)23/h3-7,12-13,15,24H,2,8-11,14H2,1H3. The van der Waals surface area contributed by atoms with Crippen LogP contribution in [0.2, 0.25) is 5.02 Å². The number of ether oxygens (including phenoxy) is 1. The van der Waals surface area contributed by atoms with Crippen molar-refractivity contribution < 1.29 is 27.7 Å². The van der Waals surface area contributed by atoms with E-state index in [-0.39, 0.29) is 65.1 Å². The number of ketones is 1. The molecule has 0 aromatic heterocycles.